The summed E-state index contributed by atoms with van der Waals surface area (Å²) in [6.07, 6.45) is 0. The molecule has 1 aromatic carbocycles. The number of anilines is 1. The van der Waals surface area contributed by atoms with Crippen molar-refractivity contribution in [2.45, 2.75) is 6.92 Å². The molecule has 0 unspecified atom stereocenters. The molecule has 1 aliphatic heterocycles. The minimum absolute atomic E-state index is 0.111. The lowest BCUT2D eigenvalue weighted by molar-refractivity contribution is -0.114. The number of benzene rings is 1. The first-order chi connectivity index (χ1) is 9.15. The van der Waals surface area contributed by atoms with Gasteiger partial charge >= 0.3 is 0 Å². The third kappa shape index (κ3) is 4.15. The average Bonchev–Trinajstić information content (AvgIpc) is 2.40. The van der Waals surface area contributed by atoms with Crippen molar-refractivity contribution in [2.24, 2.45) is 0 Å². The van der Waals surface area contributed by atoms with Crippen LogP contribution in [-0.2, 0) is 4.79 Å². The minimum atomic E-state index is -0.111. The molecule has 0 aliphatic carbocycles. The lowest BCUT2D eigenvalue weighted by atomic mass is 10.1. The molecule has 0 saturated carbocycles. The van der Waals surface area contributed by atoms with Gasteiger partial charge in [-0.1, -0.05) is 0 Å². The molecule has 1 aliphatic rings. The zero-order valence-corrected chi connectivity index (χ0v) is 11.1. The molecule has 5 nitrogen and oxygen atoms in total. The van der Waals surface area contributed by atoms with Crippen LogP contribution in [0.3, 0.4) is 0 Å². The van der Waals surface area contributed by atoms with Crippen LogP contribution >= 0.6 is 0 Å². The molecule has 1 fully saturated rings. The van der Waals surface area contributed by atoms with Crippen LogP contribution in [0.1, 0.15) is 17.3 Å². The monoisotopic (exact) mass is 261 g/mol. The summed E-state index contributed by atoms with van der Waals surface area (Å²) >= 11 is 0. The van der Waals surface area contributed by atoms with Gasteiger partial charge < -0.3 is 10.6 Å². The Morgan fingerprint density at radius 1 is 1.21 bits per heavy atom. The van der Waals surface area contributed by atoms with Crippen molar-refractivity contribution in [3.05, 3.63) is 29.8 Å². The van der Waals surface area contributed by atoms with Crippen LogP contribution in [0.15, 0.2) is 24.3 Å². The number of carbonyl (C=O) groups is 2. The second-order valence-corrected chi connectivity index (χ2v) is 4.71. The van der Waals surface area contributed by atoms with Gasteiger partial charge in [-0.3, -0.25) is 14.5 Å². The van der Waals surface area contributed by atoms with Crippen molar-refractivity contribution in [1.82, 2.24) is 10.2 Å². The van der Waals surface area contributed by atoms with Gasteiger partial charge in [0.15, 0.2) is 5.78 Å². The molecule has 0 atom stereocenters. The molecule has 0 radical (unpaired) electrons. The van der Waals surface area contributed by atoms with Gasteiger partial charge in [0, 0.05) is 44.4 Å². The van der Waals surface area contributed by atoms with Crippen molar-refractivity contribution in [3.8, 4) is 0 Å². The smallest absolute Gasteiger partial charge is 0.221 e. The average molecular weight is 261 g/mol. The Kier molecular flexibility index (Phi) is 4.65. The number of nitrogens with one attached hydrogen (secondary N) is 2. The minimum Gasteiger partial charge on any atom is -0.326 e. The molecule has 1 aromatic rings. The largest absolute Gasteiger partial charge is 0.326 e. The number of Topliss-reactive ketones (excluding diaryl/α,β-unsaturated/α-hetero) is 1. The van der Waals surface area contributed by atoms with E-state index in [9.17, 15) is 9.59 Å². The predicted octanol–water partition coefficient (Wildman–Crippen LogP) is 0.733. The Morgan fingerprint density at radius 3 is 2.42 bits per heavy atom. The zero-order chi connectivity index (χ0) is 13.7. The van der Waals surface area contributed by atoms with E-state index in [1.807, 2.05) is 0 Å². The van der Waals surface area contributed by atoms with E-state index in [4.69, 9.17) is 0 Å². The normalized spacial score (nSPS) is 16.1. The summed E-state index contributed by atoms with van der Waals surface area (Å²) in [6, 6.07) is 7.03. The Labute approximate surface area is 113 Å². The van der Waals surface area contributed by atoms with Gasteiger partial charge in [-0.05, 0) is 24.3 Å². The molecule has 102 valence electrons. The quantitative estimate of drug-likeness (QED) is 0.785. The summed E-state index contributed by atoms with van der Waals surface area (Å²) in [5.41, 5.74) is 1.40. The van der Waals surface area contributed by atoms with E-state index in [0.29, 0.717) is 17.8 Å². The van der Waals surface area contributed by atoms with Gasteiger partial charge in [-0.15, -0.1) is 0 Å². The van der Waals surface area contributed by atoms with E-state index in [2.05, 4.69) is 15.5 Å². The van der Waals surface area contributed by atoms with Gasteiger partial charge in [0.25, 0.3) is 0 Å². The molecule has 5 heteroatoms. The maximum absolute atomic E-state index is 12.1. The maximum atomic E-state index is 12.1. The summed E-state index contributed by atoms with van der Waals surface area (Å²) in [6.45, 7) is 5.62. The third-order valence-corrected chi connectivity index (χ3v) is 3.10. The zero-order valence-electron chi connectivity index (χ0n) is 11.1. The topological polar surface area (TPSA) is 61.4 Å². The number of hydrogen-bond donors (Lipinski definition) is 2. The van der Waals surface area contributed by atoms with Crippen molar-refractivity contribution < 1.29 is 9.59 Å². The van der Waals surface area contributed by atoms with Crippen LogP contribution in [-0.4, -0.2) is 49.3 Å². The highest BCUT2D eigenvalue weighted by molar-refractivity contribution is 5.98. The van der Waals surface area contributed by atoms with E-state index in [-0.39, 0.29) is 11.7 Å². The highest BCUT2D eigenvalue weighted by Crippen LogP contribution is 2.10. The number of nitrogens with zero attached hydrogens (tertiary/aromatic N) is 1. The molecule has 1 heterocycles. The molecule has 0 bridgehead atoms. The molecule has 19 heavy (non-hydrogen) atoms. The number of hydrogen-bond acceptors (Lipinski definition) is 4. The fraction of sp³-hybridized carbons (Fsp3) is 0.429. The van der Waals surface area contributed by atoms with E-state index in [0.717, 1.165) is 26.2 Å². The molecule has 0 aromatic heterocycles. The highest BCUT2D eigenvalue weighted by Gasteiger charge is 2.14. The molecular formula is C14H19N3O2. The first-order valence-electron chi connectivity index (χ1n) is 6.49. The Balaban J connectivity index is 1.93. The SMILES string of the molecule is CC(=O)Nc1ccc(C(=O)CN2CCNCC2)cc1. The van der Waals surface area contributed by atoms with Gasteiger partial charge in [0.05, 0.1) is 6.54 Å². The highest BCUT2D eigenvalue weighted by atomic mass is 16.1. The van der Waals surface area contributed by atoms with Gasteiger partial charge in [-0.2, -0.15) is 0 Å². The lowest BCUT2D eigenvalue weighted by Crippen LogP contribution is -2.45. The van der Waals surface area contributed by atoms with E-state index < -0.39 is 0 Å². The summed E-state index contributed by atoms with van der Waals surface area (Å²) in [5.74, 6) is 0.0103. The van der Waals surface area contributed by atoms with Crippen molar-refractivity contribution in [1.29, 1.82) is 0 Å². The molecular weight excluding hydrogens is 242 g/mol. The van der Waals surface area contributed by atoms with Crippen LogP contribution in [0.5, 0.6) is 0 Å². The first kappa shape index (κ1) is 13.7. The van der Waals surface area contributed by atoms with Crippen LogP contribution in [0.2, 0.25) is 0 Å². The van der Waals surface area contributed by atoms with Crippen molar-refractivity contribution in [2.75, 3.05) is 38.0 Å². The Hall–Kier alpha value is -1.72. The summed E-state index contributed by atoms with van der Waals surface area (Å²) in [5, 5.41) is 5.94. The standard InChI is InChI=1S/C14H19N3O2/c1-11(18)16-13-4-2-12(3-5-13)14(19)10-17-8-6-15-7-9-17/h2-5,15H,6-10H2,1H3,(H,16,18). The number of rotatable bonds is 4. The summed E-state index contributed by atoms with van der Waals surface area (Å²) in [7, 11) is 0. The molecule has 1 amide bonds. The summed E-state index contributed by atoms with van der Waals surface area (Å²) in [4.78, 5) is 25.2. The van der Waals surface area contributed by atoms with Gasteiger partial charge in [-0.25, -0.2) is 0 Å². The lowest BCUT2D eigenvalue weighted by Gasteiger charge is -2.26. The molecule has 1 saturated heterocycles. The Morgan fingerprint density at radius 2 is 1.84 bits per heavy atom. The van der Waals surface area contributed by atoms with Gasteiger partial charge in [0.2, 0.25) is 5.91 Å². The van der Waals surface area contributed by atoms with Crippen LogP contribution in [0.25, 0.3) is 0 Å². The maximum Gasteiger partial charge on any atom is 0.221 e. The fourth-order valence-electron chi connectivity index (χ4n) is 2.11. The van der Waals surface area contributed by atoms with Crippen molar-refractivity contribution in [3.63, 3.8) is 0 Å². The fourth-order valence-corrected chi connectivity index (χ4v) is 2.11. The molecule has 2 rings (SSSR count). The van der Waals surface area contributed by atoms with Gasteiger partial charge in [0.1, 0.15) is 0 Å². The Bertz CT molecular complexity index is 450. The third-order valence-electron chi connectivity index (χ3n) is 3.10. The summed E-state index contributed by atoms with van der Waals surface area (Å²) < 4.78 is 0. The first-order valence-corrected chi connectivity index (χ1v) is 6.49. The van der Waals surface area contributed by atoms with Crippen molar-refractivity contribution >= 4 is 17.4 Å². The number of amides is 1. The number of piperazine rings is 1. The molecule has 2 N–H and O–H groups in total. The second kappa shape index (κ2) is 6.45. The van der Waals surface area contributed by atoms with Crippen LogP contribution in [0.4, 0.5) is 5.69 Å². The number of ketones is 1. The van der Waals surface area contributed by atoms with E-state index >= 15 is 0 Å². The predicted molar refractivity (Wildman–Crippen MR) is 74.4 cm³/mol. The van der Waals surface area contributed by atoms with E-state index in [1.54, 1.807) is 24.3 Å². The van der Waals surface area contributed by atoms with Crippen LogP contribution < -0.4 is 10.6 Å². The van der Waals surface area contributed by atoms with Crippen LogP contribution in [0, 0.1) is 0 Å². The second-order valence-electron chi connectivity index (χ2n) is 4.71. The number of carbonyl (C=O) groups excluding carboxylic acids is 2. The van der Waals surface area contributed by atoms with E-state index in [1.165, 1.54) is 6.92 Å². The molecule has 0 spiro atoms.